The summed E-state index contributed by atoms with van der Waals surface area (Å²) in [5, 5.41) is 5.33. The van der Waals surface area contributed by atoms with E-state index in [0.717, 1.165) is 69.4 Å². The number of nitrogen functional groups attached to an aromatic ring is 1. The number of imidazole rings is 1. The maximum atomic E-state index is 6.24. The number of benzene rings is 2. The van der Waals surface area contributed by atoms with E-state index in [4.69, 9.17) is 10.7 Å². The number of aromatic amines is 1. The highest BCUT2D eigenvalue weighted by molar-refractivity contribution is 6.01. The van der Waals surface area contributed by atoms with Gasteiger partial charge in [0.05, 0.1) is 29.3 Å². The topological polar surface area (TPSA) is 74.9 Å². The maximum absolute atomic E-state index is 6.24. The molecule has 170 valence electrons. The fourth-order valence-corrected chi connectivity index (χ4v) is 4.37. The smallest absolute Gasteiger partial charge is 0.141 e. The highest BCUT2D eigenvalue weighted by atomic mass is 15.2. The molecule has 0 radical (unpaired) electrons. The van der Waals surface area contributed by atoms with Gasteiger partial charge in [-0.25, -0.2) is 4.98 Å². The number of hydrogen-bond acceptors (Lipinski definition) is 4. The number of hydrogen-bond donors (Lipinski definition) is 3. The molecule has 0 aliphatic carbocycles. The second-order valence-corrected chi connectivity index (χ2v) is 7.81. The second kappa shape index (κ2) is 9.28. The molecule has 3 heterocycles. The molecule has 0 saturated carbocycles. The molecule has 0 amide bonds. The molecule has 5 rings (SSSR count). The number of anilines is 1. The van der Waals surface area contributed by atoms with Gasteiger partial charge in [0.2, 0.25) is 0 Å². The fraction of sp³-hybridized carbons (Fsp3) is 0.222. The molecule has 33 heavy (non-hydrogen) atoms. The van der Waals surface area contributed by atoms with Crippen molar-refractivity contribution in [1.29, 1.82) is 0 Å². The minimum atomic E-state index is 0.716. The van der Waals surface area contributed by atoms with Crippen molar-refractivity contribution in [3.05, 3.63) is 85.0 Å². The molecule has 1 aliphatic rings. The van der Waals surface area contributed by atoms with E-state index >= 15 is 0 Å². The van der Waals surface area contributed by atoms with Crippen LogP contribution in [-0.4, -0.2) is 33.0 Å². The van der Waals surface area contributed by atoms with Gasteiger partial charge in [-0.1, -0.05) is 57.3 Å². The van der Waals surface area contributed by atoms with E-state index < -0.39 is 0 Å². The van der Waals surface area contributed by atoms with Gasteiger partial charge in [-0.3, -0.25) is 0 Å². The predicted octanol–water partition coefficient (Wildman–Crippen LogP) is 5.32. The normalized spacial score (nSPS) is 12.6. The first-order chi connectivity index (χ1) is 16.1. The van der Waals surface area contributed by atoms with Gasteiger partial charge in [0.25, 0.3) is 0 Å². The number of nitrogens with two attached hydrogens (primary N) is 1. The summed E-state index contributed by atoms with van der Waals surface area (Å²) in [5.74, 6) is 0.947. The average Bonchev–Trinajstić information content (AvgIpc) is 3.53. The van der Waals surface area contributed by atoms with Crippen molar-refractivity contribution in [2.24, 2.45) is 0 Å². The largest absolute Gasteiger partial charge is 0.398 e. The van der Waals surface area contributed by atoms with Crippen LogP contribution < -0.4 is 11.1 Å². The van der Waals surface area contributed by atoms with Crippen LogP contribution in [-0.2, 0) is 13.1 Å². The molecule has 4 N–H and O–H groups in total. The molecule has 0 fully saturated rings. The third-order valence-corrected chi connectivity index (χ3v) is 6.08. The summed E-state index contributed by atoms with van der Waals surface area (Å²) in [5.41, 5.74) is 13.0. The monoisotopic (exact) mass is 440 g/mol. The maximum Gasteiger partial charge on any atom is 0.141 e. The van der Waals surface area contributed by atoms with Gasteiger partial charge in [-0.2, -0.15) is 0 Å². The molecule has 2 aromatic carbocycles. The lowest BCUT2D eigenvalue weighted by molar-refractivity contribution is 0.320. The molecule has 0 atom stereocenters. The van der Waals surface area contributed by atoms with Crippen LogP contribution in [0.25, 0.3) is 33.6 Å². The van der Waals surface area contributed by atoms with Gasteiger partial charge in [-0.15, -0.1) is 0 Å². The summed E-state index contributed by atoms with van der Waals surface area (Å²) in [6.45, 7) is 14.9. The van der Waals surface area contributed by atoms with E-state index in [9.17, 15) is 0 Å². The van der Waals surface area contributed by atoms with Crippen molar-refractivity contribution in [2.75, 3.05) is 19.3 Å². The van der Waals surface area contributed by atoms with Crippen LogP contribution in [0, 0.1) is 0 Å². The summed E-state index contributed by atoms with van der Waals surface area (Å²) in [6, 6.07) is 16.3. The van der Waals surface area contributed by atoms with E-state index in [0.29, 0.717) is 6.54 Å². The zero-order valence-electron chi connectivity index (χ0n) is 19.7. The summed E-state index contributed by atoms with van der Waals surface area (Å²) >= 11 is 0. The molecule has 0 bridgehead atoms. The minimum absolute atomic E-state index is 0.716. The Bertz CT molecular complexity index is 1300. The lowest BCUT2D eigenvalue weighted by Gasteiger charge is -2.32. The van der Waals surface area contributed by atoms with Crippen molar-refractivity contribution in [2.45, 2.75) is 26.9 Å². The SMILES string of the molecule is C=C(NC)c1nc(-c2cccc3c(N)cccc23)n2c1CN(C(=C)c1ccc[nH]1)CC2.CC. The summed E-state index contributed by atoms with van der Waals surface area (Å²) in [4.78, 5) is 10.6. The first-order valence-electron chi connectivity index (χ1n) is 11.4. The van der Waals surface area contributed by atoms with Crippen LogP contribution in [0.3, 0.4) is 0 Å². The van der Waals surface area contributed by atoms with Crippen molar-refractivity contribution < 1.29 is 0 Å². The lowest BCUT2D eigenvalue weighted by atomic mass is 10.0. The number of nitrogens with one attached hydrogen (secondary N) is 2. The molecule has 2 aromatic heterocycles. The Morgan fingerprint density at radius 1 is 1.03 bits per heavy atom. The molecular weight excluding hydrogens is 408 g/mol. The molecule has 6 nitrogen and oxygen atoms in total. The molecule has 1 aliphatic heterocycles. The Labute approximate surface area is 195 Å². The van der Waals surface area contributed by atoms with Gasteiger partial charge in [0, 0.05) is 43.0 Å². The third-order valence-electron chi connectivity index (χ3n) is 6.08. The summed E-state index contributed by atoms with van der Waals surface area (Å²) < 4.78 is 2.31. The first-order valence-corrected chi connectivity index (χ1v) is 11.4. The molecule has 0 spiro atoms. The number of H-pyrrole nitrogens is 1. The van der Waals surface area contributed by atoms with Crippen LogP contribution in [0.5, 0.6) is 0 Å². The molecule has 0 saturated heterocycles. The van der Waals surface area contributed by atoms with Crippen molar-refractivity contribution >= 4 is 27.9 Å². The molecular formula is C27H32N6. The number of rotatable bonds is 5. The van der Waals surface area contributed by atoms with Crippen molar-refractivity contribution in [3.8, 4) is 11.4 Å². The van der Waals surface area contributed by atoms with Crippen LogP contribution in [0.1, 0.15) is 30.9 Å². The molecule has 0 unspecified atom stereocenters. The zero-order valence-corrected chi connectivity index (χ0v) is 19.7. The molecule has 6 heteroatoms. The number of aromatic nitrogens is 3. The Balaban J connectivity index is 0.00000126. The van der Waals surface area contributed by atoms with E-state index in [1.54, 1.807) is 0 Å². The number of fused-ring (bicyclic) bond motifs is 2. The van der Waals surface area contributed by atoms with E-state index in [1.807, 2.05) is 57.4 Å². The van der Waals surface area contributed by atoms with Crippen LogP contribution in [0.15, 0.2) is 67.9 Å². The fourth-order valence-electron chi connectivity index (χ4n) is 4.37. The quantitative estimate of drug-likeness (QED) is 0.367. The summed E-state index contributed by atoms with van der Waals surface area (Å²) in [6.07, 6.45) is 1.92. The third kappa shape index (κ3) is 3.89. The summed E-state index contributed by atoms with van der Waals surface area (Å²) in [7, 11) is 1.88. The van der Waals surface area contributed by atoms with Crippen molar-refractivity contribution in [3.63, 3.8) is 0 Å². The van der Waals surface area contributed by atoms with Crippen molar-refractivity contribution in [1.82, 2.24) is 24.8 Å². The van der Waals surface area contributed by atoms with Crippen LogP contribution >= 0.6 is 0 Å². The van der Waals surface area contributed by atoms with Gasteiger partial charge in [0.15, 0.2) is 0 Å². The lowest BCUT2D eigenvalue weighted by Crippen LogP contribution is -2.33. The van der Waals surface area contributed by atoms with E-state index in [1.165, 1.54) is 0 Å². The average molecular weight is 441 g/mol. The Morgan fingerprint density at radius 2 is 1.79 bits per heavy atom. The van der Waals surface area contributed by atoms with E-state index in [2.05, 4.69) is 51.1 Å². The van der Waals surface area contributed by atoms with Gasteiger partial charge >= 0.3 is 0 Å². The Morgan fingerprint density at radius 3 is 2.52 bits per heavy atom. The Hall–Kier alpha value is -3.93. The van der Waals surface area contributed by atoms with Crippen LogP contribution in [0.4, 0.5) is 5.69 Å². The zero-order chi connectivity index (χ0) is 23.5. The van der Waals surface area contributed by atoms with Gasteiger partial charge in [-0.05, 0) is 23.6 Å². The van der Waals surface area contributed by atoms with Gasteiger partial charge in [0.1, 0.15) is 11.5 Å². The van der Waals surface area contributed by atoms with E-state index in [-0.39, 0.29) is 0 Å². The molecule has 4 aromatic rings. The first kappa shape index (κ1) is 22.3. The second-order valence-electron chi connectivity index (χ2n) is 7.81. The number of nitrogens with zero attached hydrogens (tertiary/aromatic N) is 3. The minimum Gasteiger partial charge on any atom is -0.398 e. The highest BCUT2D eigenvalue weighted by Gasteiger charge is 2.27. The predicted molar refractivity (Wildman–Crippen MR) is 139 cm³/mol. The Kier molecular flexibility index (Phi) is 6.27. The highest BCUT2D eigenvalue weighted by Crippen LogP contribution is 2.35. The van der Waals surface area contributed by atoms with Crippen LogP contribution in [0.2, 0.25) is 0 Å². The van der Waals surface area contributed by atoms with Gasteiger partial charge < -0.3 is 25.5 Å². The standard InChI is InChI=1S/C25H26N6.C2H6/c1-16(27-3)24-23-15-30(17(2)22-11-6-12-28-22)13-14-31(23)25(29-24)20-9-4-8-19-18(20)7-5-10-21(19)26;1-2/h4-12,27-28H,1-2,13-15,26H2,3H3;1-2H3.